The number of benzene rings is 2. The number of ketones is 2. The molecule has 2 rings (SSSR count). The van der Waals surface area contributed by atoms with E-state index in [0.29, 0.717) is 6.61 Å². The molecule has 0 aliphatic heterocycles. The first-order valence-electron chi connectivity index (χ1n) is 8.86. The highest BCUT2D eigenvalue weighted by Crippen LogP contribution is 2.19. The molecule has 0 saturated heterocycles. The molecular weight excluding hydrogens is 356 g/mol. The average Bonchev–Trinajstić information content (AvgIpc) is 2.74. The quantitative estimate of drug-likeness (QED) is 0.466. The van der Waals surface area contributed by atoms with Gasteiger partial charge < -0.3 is 9.47 Å². The minimum Gasteiger partial charge on any atom is -0.475 e. The summed E-state index contributed by atoms with van der Waals surface area (Å²) in [6.45, 7) is 2.17. The van der Waals surface area contributed by atoms with E-state index < -0.39 is 11.9 Å². The summed E-state index contributed by atoms with van der Waals surface area (Å²) in [6.07, 6.45) is -1.14. The molecule has 28 heavy (non-hydrogen) atoms. The van der Waals surface area contributed by atoms with Gasteiger partial charge in [0.25, 0.3) is 0 Å². The van der Waals surface area contributed by atoms with Crippen molar-refractivity contribution in [3.8, 4) is 17.9 Å². The van der Waals surface area contributed by atoms with Crippen LogP contribution in [0.1, 0.15) is 36.5 Å². The normalized spacial score (nSPS) is 11.1. The second kappa shape index (κ2) is 10.6. The van der Waals surface area contributed by atoms with Crippen molar-refractivity contribution < 1.29 is 19.1 Å². The number of rotatable bonds is 10. The van der Waals surface area contributed by atoms with Crippen LogP contribution in [0.25, 0.3) is 0 Å². The van der Waals surface area contributed by atoms with Gasteiger partial charge in [-0.15, -0.1) is 0 Å². The summed E-state index contributed by atoms with van der Waals surface area (Å²) < 4.78 is 11.1. The fourth-order valence-corrected chi connectivity index (χ4v) is 2.50. The molecule has 0 saturated carbocycles. The third-order valence-corrected chi connectivity index (χ3v) is 3.96. The number of Topliss-reactive ketones (excluding diaryl/α,β-unsaturated/α-hetero) is 2. The van der Waals surface area contributed by atoms with E-state index in [9.17, 15) is 9.59 Å². The number of hydrogen-bond donors (Lipinski definition) is 0. The molecule has 0 amide bonds. The van der Waals surface area contributed by atoms with Crippen LogP contribution in [0.4, 0.5) is 0 Å². The van der Waals surface area contributed by atoms with E-state index >= 15 is 0 Å². The maximum absolute atomic E-state index is 12.5. The maximum atomic E-state index is 12.5. The van der Waals surface area contributed by atoms with Gasteiger partial charge in [-0.25, -0.2) is 0 Å². The van der Waals surface area contributed by atoms with E-state index in [0.717, 1.165) is 5.56 Å². The maximum Gasteiger partial charge on any atom is 0.214 e. The van der Waals surface area contributed by atoms with Crippen LogP contribution in [-0.4, -0.2) is 24.3 Å². The van der Waals surface area contributed by atoms with Crippen molar-refractivity contribution in [3.05, 3.63) is 65.2 Å². The molecule has 1 atom stereocenters. The lowest BCUT2D eigenvalue weighted by molar-refractivity contribution is -0.137. The van der Waals surface area contributed by atoms with Crippen molar-refractivity contribution in [1.82, 2.24) is 0 Å². The van der Waals surface area contributed by atoms with E-state index in [1.54, 1.807) is 6.92 Å². The van der Waals surface area contributed by atoms with Crippen LogP contribution in [-0.2, 0) is 20.9 Å². The molecule has 1 unspecified atom stereocenters. The zero-order chi connectivity index (χ0) is 20.4. The van der Waals surface area contributed by atoms with Crippen molar-refractivity contribution in [2.45, 2.75) is 32.5 Å². The summed E-state index contributed by atoms with van der Waals surface area (Å²) in [5.74, 6) is -0.629. The molecule has 142 valence electrons. The lowest BCUT2D eigenvalue weighted by Gasteiger charge is -2.17. The molecule has 0 aliphatic carbocycles. The van der Waals surface area contributed by atoms with Gasteiger partial charge in [-0.3, -0.25) is 9.59 Å². The second-order valence-electron chi connectivity index (χ2n) is 6.04. The molecule has 2 aromatic carbocycles. The van der Waals surface area contributed by atoms with Gasteiger partial charge in [-0.05, 0) is 23.8 Å². The van der Waals surface area contributed by atoms with Crippen molar-refractivity contribution in [3.63, 3.8) is 0 Å². The SMILES string of the molecule is CCC(=O)C(Oc1cc(C#N)cc(C#N)c1)C(=O)CCOCc1ccccc1. The van der Waals surface area contributed by atoms with Crippen molar-refractivity contribution in [1.29, 1.82) is 10.5 Å². The Balaban J connectivity index is 2.01. The van der Waals surface area contributed by atoms with Gasteiger partial charge in [-0.1, -0.05) is 37.3 Å². The third-order valence-electron chi connectivity index (χ3n) is 3.96. The van der Waals surface area contributed by atoms with E-state index in [4.69, 9.17) is 20.0 Å². The lowest BCUT2D eigenvalue weighted by atomic mass is 10.1. The fourth-order valence-electron chi connectivity index (χ4n) is 2.50. The topological polar surface area (TPSA) is 100 Å². The Labute approximate surface area is 163 Å². The summed E-state index contributed by atoms with van der Waals surface area (Å²) in [4.78, 5) is 24.7. The number of ether oxygens (including phenoxy) is 2. The van der Waals surface area contributed by atoms with Gasteiger partial charge >= 0.3 is 0 Å². The molecule has 6 nitrogen and oxygen atoms in total. The van der Waals surface area contributed by atoms with Gasteiger partial charge in [0.1, 0.15) is 5.75 Å². The van der Waals surface area contributed by atoms with Crippen LogP contribution in [0.15, 0.2) is 48.5 Å². The highest BCUT2D eigenvalue weighted by atomic mass is 16.5. The van der Waals surface area contributed by atoms with Gasteiger partial charge in [0, 0.05) is 12.8 Å². The predicted octanol–water partition coefficient (Wildman–Crippen LogP) is 3.33. The molecule has 0 aliphatic rings. The van der Waals surface area contributed by atoms with Crippen LogP contribution in [0, 0.1) is 22.7 Å². The van der Waals surface area contributed by atoms with Crippen molar-refractivity contribution in [2.24, 2.45) is 0 Å². The summed E-state index contributed by atoms with van der Waals surface area (Å²) in [7, 11) is 0. The molecular formula is C22H20N2O4. The van der Waals surface area contributed by atoms with Crippen LogP contribution >= 0.6 is 0 Å². The predicted molar refractivity (Wildman–Crippen MR) is 101 cm³/mol. The Kier molecular flexibility index (Phi) is 7.90. The Hall–Kier alpha value is -3.48. The average molecular weight is 376 g/mol. The molecule has 0 heterocycles. The number of nitrogens with zero attached hydrogens (tertiary/aromatic N) is 2. The smallest absolute Gasteiger partial charge is 0.214 e. The minimum absolute atomic E-state index is 0.0201. The number of nitriles is 2. The first-order chi connectivity index (χ1) is 13.6. The lowest BCUT2D eigenvalue weighted by Crippen LogP contribution is -2.36. The summed E-state index contributed by atoms with van der Waals surface area (Å²) in [5.41, 5.74) is 1.43. The van der Waals surface area contributed by atoms with E-state index in [-0.39, 0.29) is 42.1 Å². The molecule has 6 heteroatoms. The van der Waals surface area contributed by atoms with Crippen LogP contribution < -0.4 is 4.74 Å². The molecule has 0 spiro atoms. The van der Waals surface area contributed by atoms with Crippen LogP contribution in [0.2, 0.25) is 0 Å². The molecule has 0 radical (unpaired) electrons. The molecule has 2 aromatic rings. The van der Waals surface area contributed by atoms with E-state index in [1.807, 2.05) is 42.5 Å². The first kappa shape index (κ1) is 20.8. The number of carbonyl (C=O) groups excluding carboxylic acids is 2. The number of hydrogen-bond acceptors (Lipinski definition) is 6. The fraction of sp³-hybridized carbons (Fsp3) is 0.273. The molecule has 0 N–H and O–H groups in total. The summed E-state index contributed by atoms with van der Waals surface area (Å²) >= 11 is 0. The second-order valence-corrected chi connectivity index (χ2v) is 6.04. The van der Waals surface area contributed by atoms with Gasteiger partial charge in [-0.2, -0.15) is 10.5 Å². The largest absolute Gasteiger partial charge is 0.475 e. The Morgan fingerprint density at radius 1 is 1.00 bits per heavy atom. The number of carbonyl (C=O) groups is 2. The Bertz CT molecular complexity index is 878. The first-order valence-corrected chi connectivity index (χ1v) is 8.86. The van der Waals surface area contributed by atoms with Crippen LogP contribution in [0.5, 0.6) is 5.75 Å². The van der Waals surface area contributed by atoms with Gasteiger partial charge in [0.15, 0.2) is 11.6 Å². The van der Waals surface area contributed by atoms with E-state index in [1.165, 1.54) is 18.2 Å². The molecule has 0 aromatic heterocycles. The monoisotopic (exact) mass is 376 g/mol. The summed E-state index contributed by atoms with van der Waals surface area (Å²) in [5, 5.41) is 18.1. The van der Waals surface area contributed by atoms with E-state index in [2.05, 4.69) is 0 Å². The van der Waals surface area contributed by atoms with Crippen molar-refractivity contribution in [2.75, 3.05) is 6.61 Å². The molecule has 0 bridgehead atoms. The highest BCUT2D eigenvalue weighted by molar-refractivity contribution is 6.05. The van der Waals surface area contributed by atoms with Crippen molar-refractivity contribution >= 4 is 11.6 Å². The Morgan fingerprint density at radius 2 is 1.64 bits per heavy atom. The van der Waals surface area contributed by atoms with Gasteiger partial charge in [0.2, 0.25) is 6.10 Å². The van der Waals surface area contributed by atoms with Gasteiger partial charge in [0.05, 0.1) is 36.5 Å². The van der Waals surface area contributed by atoms with Crippen LogP contribution in [0.3, 0.4) is 0 Å². The zero-order valence-electron chi connectivity index (χ0n) is 15.6. The summed E-state index contributed by atoms with van der Waals surface area (Å²) in [6, 6.07) is 17.6. The standard InChI is InChI=1S/C22H20N2O4/c1-2-20(25)22(28-19-11-17(13-23)10-18(12-19)14-24)21(26)8-9-27-15-16-6-4-3-5-7-16/h3-7,10-12,22H,2,8-9,15H2,1H3. The molecule has 0 fully saturated rings. The minimum atomic E-state index is -1.29. The Morgan fingerprint density at radius 3 is 2.21 bits per heavy atom. The third kappa shape index (κ3) is 6.05. The highest BCUT2D eigenvalue weighted by Gasteiger charge is 2.27. The zero-order valence-corrected chi connectivity index (χ0v) is 15.6.